The first-order valence-corrected chi connectivity index (χ1v) is 10.4. The predicted octanol–water partition coefficient (Wildman–Crippen LogP) is 8.21. The quantitative estimate of drug-likeness (QED) is 0.299. The molecule has 0 N–H and O–H groups in total. The Labute approximate surface area is 190 Å². The van der Waals surface area contributed by atoms with Crippen LogP contribution in [-0.2, 0) is 6.37 Å². The van der Waals surface area contributed by atoms with Crippen molar-refractivity contribution in [2.75, 3.05) is 0 Å². The van der Waals surface area contributed by atoms with E-state index in [0.29, 0.717) is 16.8 Å². The third-order valence-corrected chi connectivity index (χ3v) is 5.26. The van der Waals surface area contributed by atoms with Crippen LogP contribution in [0.5, 0.6) is 0 Å². The van der Waals surface area contributed by atoms with Crippen molar-refractivity contribution in [3.05, 3.63) is 90.1 Å². The van der Waals surface area contributed by atoms with Crippen molar-refractivity contribution in [3.63, 3.8) is 0 Å². The van der Waals surface area contributed by atoms with Crippen LogP contribution in [0.4, 0.5) is 0 Å². The van der Waals surface area contributed by atoms with Gasteiger partial charge in [0.25, 0.3) is 0 Å². The SMILES string of the molecule is [2H]C([2H])([2H])c1ccc(-c2ccc3c(c2)oc2ccc(-c4cc(C([2H])([2H])C(C)(C)C)ccn4)cc23)cc1. The number of hydrogen-bond donors (Lipinski definition) is 0. The van der Waals surface area contributed by atoms with E-state index in [2.05, 4.69) is 4.98 Å². The Hall–Kier alpha value is -3.39. The Bertz CT molecular complexity index is 1570. The summed E-state index contributed by atoms with van der Waals surface area (Å²) in [4.78, 5) is 4.52. The molecule has 154 valence electrons. The number of benzene rings is 3. The van der Waals surface area contributed by atoms with Crippen LogP contribution >= 0.6 is 0 Å². The summed E-state index contributed by atoms with van der Waals surface area (Å²) in [7, 11) is 0. The van der Waals surface area contributed by atoms with E-state index in [1.165, 1.54) is 0 Å². The summed E-state index contributed by atoms with van der Waals surface area (Å²) in [6, 6.07) is 22.4. The summed E-state index contributed by atoms with van der Waals surface area (Å²) in [5.74, 6) is 0. The van der Waals surface area contributed by atoms with Crippen LogP contribution in [0.15, 0.2) is 83.4 Å². The van der Waals surface area contributed by atoms with Gasteiger partial charge >= 0.3 is 0 Å². The van der Waals surface area contributed by atoms with Crippen molar-refractivity contribution in [3.8, 4) is 22.4 Å². The first-order valence-electron chi connectivity index (χ1n) is 12.9. The first-order chi connectivity index (χ1) is 16.8. The maximum absolute atomic E-state index is 8.62. The van der Waals surface area contributed by atoms with Crippen molar-refractivity contribution in [2.45, 2.75) is 34.0 Å². The third kappa shape index (κ3) is 3.98. The standard InChI is InChI=1S/C29H27NO/c1-19-5-7-21(8-6-19)22-9-11-24-25-16-23(10-12-27(25)31-28(24)17-22)26-15-20(13-14-30-26)18-29(2,3)4/h5-17H,18H2,1-4H3/i1D3,18D2. The molecular weight excluding hydrogens is 378 g/mol. The van der Waals surface area contributed by atoms with E-state index in [4.69, 9.17) is 11.3 Å². The van der Waals surface area contributed by atoms with Gasteiger partial charge in [0, 0.05) is 29.4 Å². The molecular formula is C29H27NO. The van der Waals surface area contributed by atoms with Crippen LogP contribution in [-0.4, -0.2) is 4.98 Å². The molecule has 0 saturated carbocycles. The normalized spacial score (nSPS) is 15.3. The van der Waals surface area contributed by atoms with Gasteiger partial charge in [0.15, 0.2) is 0 Å². The fourth-order valence-electron chi connectivity index (χ4n) is 3.88. The number of furan rings is 1. The molecule has 0 saturated heterocycles. The van der Waals surface area contributed by atoms with E-state index in [0.717, 1.165) is 38.6 Å². The molecule has 0 unspecified atom stereocenters. The number of fused-ring (bicyclic) bond motifs is 3. The van der Waals surface area contributed by atoms with Crippen LogP contribution in [0.3, 0.4) is 0 Å². The molecule has 0 amide bonds. The molecule has 0 aliphatic rings. The van der Waals surface area contributed by atoms with Crippen molar-refractivity contribution in [2.24, 2.45) is 5.41 Å². The zero-order valence-electron chi connectivity index (χ0n) is 22.9. The lowest BCUT2D eigenvalue weighted by Gasteiger charge is -2.18. The van der Waals surface area contributed by atoms with Crippen molar-refractivity contribution in [1.29, 1.82) is 0 Å². The molecule has 5 rings (SSSR count). The lowest BCUT2D eigenvalue weighted by Crippen LogP contribution is -2.09. The molecule has 0 fully saturated rings. The highest BCUT2D eigenvalue weighted by molar-refractivity contribution is 6.07. The highest BCUT2D eigenvalue weighted by Gasteiger charge is 2.14. The number of hydrogen-bond acceptors (Lipinski definition) is 2. The number of rotatable bonds is 3. The fourth-order valence-corrected chi connectivity index (χ4v) is 3.88. The van der Waals surface area contributed by atoms with Crippen molar-refractivity contribution in [1.82, 2.24) is 4.98 Å². The Balaban J connectivity index is 1.54. The summed E-state index contributed by atoms with van der Waals surface area (Å²) in [6.07, 6.45) is 0.158. The van der Waals surface area contributed by atoms with Gasteiger partial charge in [-0.2, -0.15) is 0 Å². The van der Waals surface area contributed by atoms with Crippen LogP contribution < -0.4 is 0 Å². The molecule has 0 radical (unpaired) electrons. The summed E-state index contributed by atoms with van der Waals surface area (Å²) in [5, 5.41) is 1.92. The molecule has 2 aromatic heterocycles. The van der Waals surface area contributed by atoms with E-state index in [9.17, 15) is 0 Å². The third-order valence-electron chi connectivity index (χ3n) is 5.26. The van der Waals surface area contributed by atoms with Crippen LogP contribution in [0.1, 0.15) is 38.8 Å². The van der Waals surface area contributed by atoms with E-state index < -0.39 is 18.6 Å². The zero-order chi connectivity index (χ0) is 25.9. The van der Waals surface area contributed by atoms with Gasteiger partial charge in [0.05, 0.1) is 5.69 Å². The molecule has 2 heteroatoms. The number of aromatic nitrogens is 1. The van der Waals surface area contributed by atoms with Crippen LogP contribution in [0, 0.1) is 12.3 Å². The second-order valence-electron chi connectivity index (χ2n) is 8.91. The van der Waals surface area contributed by atoms with Crippen molar-refractivity contribution >= 4 is 21.9 Å². The predicted molar refractivity (Wildman–Crippen MR) is 130 cm³/mol. The maximum atomic E-state index is 8.62. The Kier molecular flexibility index (Phi) is 3.48. The van der Waals surface area contributed by atoms with E-state index in [1.54, 1.807) is 24.4 Å². The van der Waals surface area contributed by atoms with Gasteiger partial charge in [0.2, 0.25) is 0 Å². The Morgan fingerprint density at radius 1 is 0.806 bits per heavy atom. The molecule has 0 aliphatic heterocycles. The average molecular weight is 411 g/mol. The lowest BCUT2D eigenvalue weighted by atomic mass is 9.88. The van der Waals surface area contributed by atoms with Gasteiger partial charge in [-0.15, -0.1) is 0 Å². The Morgan fingerprint density at radius 3 is 2.35 bits per heavy atom. The fraction of sp³-hybridized carbons (Fsp3) is 0.207. The largest absolute Gasteiger partial charge is 0.456 e. The van der Waals surface area contributed by atoms with Crippen molar-refractivity contribution < 1.29 is 11.3 Å². The molecule has 0 spiro atoms. The zero-order valence-corrected chi connectivity index (χ0v) is 17.9. The average Bonchev–Trinajstić information content (AvgIpc) is 3.20. The molecule has 31 heavy (non-hydrogen) atoms. The van der Waals surface area contributed by atoms with Crippen LogP contribution in [0.2, 0.25) is 0 Å². The van der Waals surface area contributed by atoms with Crippen LogP contribution in [0.25, 0.3) is 44.3 Å². The molecule has 2 nitrogen and oxygen atoms in total. The van der Waals surface area contributed by atoms with E-state index >= 15 is 0 Å². The lowest BCUT2D eigenvalue weighted by molar-refractivity contribution is 0.411. The minimum Gasteiger partial charge on any atom is -0.456 e. The smallest absolute Gasteiger partial charge is 0.136 e. The molecule has 3 aromatic carbocycles. The highest BCUT2D eigenvalue weighted by Crippen LogP contribution is 2.35. The van der Waals surface area contributed by atoms with Gasteiger partial charge in [0.1, 0.15) is 11.2 Å². The summed E-state index contributed by atoms with van der Waals surface area (Å²) < 4.78 is 46.1. The Morgan fingerprint density at radius 2 is 1.58 bits per heavy atom. The summed E-state index contributed by atoms with van der Waals surface area (Å²) in [5.41, 5.74) is 5.32. The summed E-state index contributed by atoms with van der Waals surface area (Å²) >= 11 is 0. The van der Waals surface area contributed by atoms with Gasteiger partial charge in [-0.25, -0.2) is 0 Å². The molecule has 5 aromatic rings. The van der Waals surface area contributed by atoms with Gasteiger partial charge < -0.3 is 4.42 Å². The molecule has 0 atom stereocenters. The minimum absolute atomic E-state index is 0.317. The number of nitrogens with zero attached hydrogens (tertiary/aromatic N) is 1. The molecule has 0 aliphatic carbocycles. The van der Waals surface area contributed by atoms with E-state index in [1.807, 2.05) is 75.4 Å². The van der Waals surface area contributed by atoms with E-state index in [-0.39, 0.29) is 0 Å². The first kappa shape index (κ1) is 14.6. The number of pyridine rings is 1. The highest BCUT2D eigenvalue weighted by atomic mass is 16.3. The molecule has 0 bridgehead atoms. The second kappa shape index (κ2) is 7.39. The monoisotopic (exact) mass is 410 g/mol. The van der Waals surface area contributed by atoms with Gasteiger partial charge in [-0.3, -0.25) is 4.98 Å². The minimum atomic E-state index is -2.12. The summed E-state index contributed by atoms with van der Waals surface area (Å²) in [6.45, 7) is 3.56. The molecule has 2 heterocycles. The second-order valence-corrected chi connectivity index (χ2v) is 8.91. The maximum Gasteiger partial charge on any atom is 0.136 e. The number of aryl methyl sites for hydroxylation is 1. The van der Waals surface area contributed by atoms with Gasteiger partial charge in [-0.1, -0.05) is 56.7 Å². The van der Waals surface area contributed by atoms with Gasteiger partial charge in [-0.05, 0) is 77.8 Å². The topological polar surface area (TPSA) is 26.0 Å².